The highest BCUT2D eigenvalue weighted by Crippen LogP contribution is 2.39. The van der Waals surface area contributed by atoms with Crippen LogP contribution in [-0.2, 0) is 0 Å². The monoisotopic (exact) mass is 297 g/mol. The van der Waals surface area contributed by atoms with E-state index in [4.69, 9.17) is 23.2 Å². The van der Waals surface area contributed by atoms with Crippen LogP contribution in [0.2, 0.25) is 5.02 Å². The van der Waals surface area contributed by atoms with Crippen molar-refractivity contribution in [3.63, 3.8) is 0 Å². The molecule has 2 fully saturated rings. The molecule has 3 rings (SSSR count). The second-order valence-corrected chi connectivity index (χ2v) is 6.68. The zero-order chi connectivity index (χ0) is 13.6. The summed E-state index contributed by atoms with van der Waals surface area (Å²) in [4.78, 5) is 14.8. The zero-order valence-electron chi connectivity index (χ0n) is 10.9. The molecule has 2 aliphatic heterocycles. The van der Waals surface area contributed by atoms with E-state index in [0.717, 1.165) is 36.8 Å². The van der Waals surface area contributed by atoms with Crippen LogP contribution in [0.15, 0.2) is 18.2 Å². The van der Waals surface area contributed by atoms with Gasteiger partial charge in [0.25, 0.3) is 5.91 Å². The topological polar surface area (TPSA) is 20.3 Å². The van der Waals surface area contributed by atoms with Crippen molar-refractivity contribution in [2.24, 2.45) is 0 Å². The number of amides is 1. The molecule has 1 aromatic carbocycles. The molecule has 1 aromatic rings. The van der Waals surface area contributed by atoms with Gasteiger partial charge >= 0.3 is 0 Å². The number of benzene rings is 1. The first-order chi connectivity index (χ1) is 9.06. The van der Waals surface area contributed by atoms with E-state index in [-0.39, 0.29) is 11.3 Å². The molecule has 1 amide bonds. The smallest absolute Gasteiger partial charge is 0.254 e. The summed E-state index contributed by atoms with van der Waals surface area (Å²) >= 11 is 12.3. The summed E-state index contributed by atoms with van der Waals surface area (Å²) in [5, 5.41) is 0.843. The fourth-order valence-corrected chi connectivity index (χ4v) is 3.99. The molecule has 2 bridgehead atoms. The third kappa shape index (κ3) is 2.36. The lowest BCUT2D eigenvalue weighted by Gasteiger charge is -2.37. The summed E-state index contributed by atoms with van der Waals surface area (Å²) in [6.45, 7) is 1.96. The van der Waals surface area contributed by atoms with Gasteiger partial charge in [0.05, 0.1) is 0 Å². The maximum absolute atomic E-state index is 12.8. The molecule has 0 N–H and O–H groups in total. The van der Waals surface area contributed by atoms with Crippen LogP contribution in [0.1, 0.15) is 41.6 Å². The van der Waals surface area contributed by atoms with Crippen LogP contribution in [0.5, 0.6) is 0 Å². The van der Waals surface area contributed by atoms with Gasteiger partial charge in [-0.05, 0) is 50.3 Å². The van der Waals surface area contributed by atoms with Gasteiger partial charge in [-0.3, -0.25) is 4.79 Å². The molecule has 0 spiro atoms. The number of carbonyl (C=O) groups is 1. The van der Waals surface area contributed by atoms with Crippen LogP contribution in [0.4, 0.5) is 0 Å². The minimum Gasteiger partial charge on any atom is -0.333 e. The summed E-state index contributed by atoms with van der Waals surface area (Å²) < 4.78 is 0. The van der Waals surface area contributed by atoms with Crippen molar-refractivity contribution in [1.29, 1.82) is 0 Å². The SMILES string of the molecule is Cc1ccc(Cl)cc1C(=O)N1C2CCC1CC(Cl)C2. The Morgan fingerprint density at radius 3 is 2.53 bits per heavy atom. The Morgan fingerprint density at radius 2 is 1.89 bits per heavy atom. The van der Waals surface area contributed by atoms with Gasteiger partial charge in [-0.1, -0.05) is 17.7 Å². The molecule has 2 aliphatic rings. The molecule has 0 saturated carbocycles. The Balaban J connectivity index is 1.90. The standard InChI is InChI=1S/C15H17Cl2NO/c1-9-2-3-10(16)8-14(9)15(19)18-12-4-5-13(18)7-11(17)6-12/h2-3,8,11-13H,4-7H2,1H3. The van der Waals surface area contributed by atoms with Crippen LogP contribution in [0.25, 0.3) is 0 Å². The molecule has 2 saturated heterocycles. The fraction of sp³-hybridized carbons (Fsp3) is 0.533. The molecule has 0 aromatic heterocycles. The fourth-order valence-electron chi connectivity index (χ4n) is 3.41. The van der Waals surface area contributed by atoms with E-state index in [1.807, 2.05) is 19.1 Å². The third-order valence-corrected chi connectivity index (χ3v) is 4.93. The Labute approximate surface area is 123 Å². The predicted molar refractivity (Wildman–Crippen MR) is 78.0 cm³/mol. The van der Waals surface area contributed by atoms with Crippen LogP contribution in [-0.4, -0.2) is 28.3 Å². The Kier molecular flexibility index (Phi) is 3.48. The first-order valence-electron chi connectivity index (χ1n) is 6.79. The Hall–Kier alpha value is -0.730. The lowest BCUT2D eigenvalue weighted by molar-refractivity contribution is 0.0599. The van der Waals surface area contributed by atoms with Crippen molar-refractivity contribution in [1.82, 2.24) is 4.90 Å². The first-order valence-corrected chi connectivity index (χ1v) is 7.60. The number of hydrogen-bond donors (Lipinski definition) is 0. The quantitative estimate of drug-likeness (QED) is 0.717. The van der Waals surface area contributed by atoms with Crippen molar-refractivity contribution >= 4 is 29.1 Å². The first kappa shape index (κ1) is 13.3. The third-order valence-electron chi connectivity index (χ3n) is 4.34. The van der Waals surface area contributed by atoms with Crippen LogP contribution in [0.3, 0.4) is 0 Å². The van der Waals surface area contributed by atoms with Crippen molar-refractivity contribution in [3.8, 4) is 0 Å². The number of halogens is 2. The number of alkyl halides is 1. The molecule has 19 heavy (non-hydrogen) atoms. The number of hydrogen-bond acceptors (Lipinski definition) is 1. The Bertz CT molecular complexity index is 503. The summed E-state index contributed by atoms with van der Waals surface area (Å²) in [6, 6.07) is 6.14. The number of rotatable bonds is 1. The summed E-state index contributed by atoms with van der Waals surface area (Å²) in [5.74, 6) is 0.121. The molecule has 2 unspecified atom stereocenters. The average molecular weight is 298 g/mol. The van der Waals surface area contributed by atoms with Crippen molar-refractivity contribution in [2.75, 3.05) is 0 Å². The van der Waals surface area contributed by atoms with E-state index in [2.05, 4.69) is 4.90 Å². The van der Waals surface area contributed by atoms with E-state index in [9.17, 15) is 4.79 Å². The van der Waals surface area contributed by atoms with Crippen molar-refractivity contribution < 1.29 is 4.79 Å². The van der Waals surface area contributed by atoms with Crippen LogP contribution >= 0.6 is 23.2 Å². The van der Waals surface area contributed by atoms with Gasteiger partial charge in [-0.2, -0.15) is 0 Å². The summed E-state index contributed by atoms with van der Waals surface area (Å²) in [6.07, 6.45) is 4.01. The Morgan fingerprint density at radius 1 is 1.26 bits per heavy atom. The second kappa shape index (κ2) is 4.99. The van der Waals surface area contributed by atoms with Crippen molar-refractivity contribution in [2.45, 2.75) is 50.1 Å². The normalized spacial score (nSPS) is 29.6. The lowest BCUT2D eigenvalue weighted by atomic mass is 9.99. The van der Waals surface area contributed by atoms with Gasteiger partial charge in [0, 0.05) is 28.0 Å². The predicted octanol–water partition coefficient (Wildman–Crippen LogP) is 4.02. The van der Waals surface area contributed by atoms with Crippen molar-refractivity contribution in [3.05, 3.63) is 34.3 Å². The van der Waals surface area contributed by atoms with Gasteiger partial charge in [-0.15, -0.1) is 11.6 Å². The van der Waals surface area contributed by atoms with E-state index < -0.39 is 0 Å². The molecular formula is C15H17Cl2NO. The second-order valence-electron chi connectivity index (χ2n) is 5.63. The molecule has 4 heteroatoms. The maximum atomic E-state index is 12.8. The number of aryl methyl sites for hydroxylation is 1. The van der Waals surface area contributed by atoms with E-state index in [0.29, 0.717) is 17.1 Å². The summed E-state index contributed by atoms with van der Waals surface area (Å²) in [5.41, 5.74) is 1.72. The number of carbonyl (C=O) groups excluding carboxylic acids is 1. The largest absolute Gasteiger partial charge is 0.333 e. The van der Waals surface area contributed by atoms with Gasteiger partial charge < -0.3 is 4.90 Å². The highest BCUT2D eigenvalue weighted by Gasteiger charge is 2.43. The van der Waals surface area contributed by atoms with Gasteiger partial charge in [-0.25, -0.2) is 0 Å². The molecule has 0 radical (unpaired) electrons. The van der Waals surface area contributed by atoms with E-state index in [1.54, 1.807) is 6.07 Å². The highest BCUT2D eigenvalue weighted by atomic mass is 35.5. The number of nitrogens with zero attached hydrogens (tertiary/aromatic N) is 1. The van der Waals surface area contributed by atoms with Gasteiger partial charge in [0.1, 0.15) is 0 Å². The van der Waals surface area contributed by atoms with E-state index in [1.165, 1.54) is 0 Å². The number of piperidine rings is 1. The molecular weight excluding hydrogens is 281 g/mol. The average Bonchev–Trinajstić information content (AvgIpc) is 2.64. The van der Waals surface area contributed by atoms with Gasteiger partial charge in [0.2, 0.25) is 0 Å². The highest BCUT2D eigenvalue weighted by molar-refractivity contribution is 6.31. The number of fused-ring (bicyclic) bond motifs is 2. The maximum Gasteiger partial charge on any atom is 0.254 e. The minimum absolute atomic E-state index is 0.121. The molecule has 102 valence electrons. The van der Waals surface area contributed by atoms with Crippen LogP contribution in [0, 0.1) is 6.92 Å². The van der Waals surface area contributed by atoms with Gasteiger partial charge in [0.15, 0.2) is 0 Å². The lowest BCUT2D eigenvalue weighted by Crippen LogP contribution is -2.47. The molecule has 2 atom stereocenters. The molecule has 2 heterocycles. The minimum atomic E-state index is 0.121. The molecule has 0 aliphatic carbocycles. The van der Waals surface area contributed by atoms with E-state index >= 15 is 0 Å². The summed E-state index contributed by atoms with van der Waals surface area (Å²) in [7, 11) is 0. The van der Waals surface area contributed by atoms with Crippen LogP contribution < -0.4 is 0 Å². The zero-order valence-corrected chi connectivity index (χ0v) is 12.4. The molecule has 2 nitrogen and oxygen atoms in total.